The Morgan fingerprint density at radius 1 is 1.12 bits per heavy atom. The molecule has 3 heteroatoms. The van der Waals surface area contributed by atoms with E-state index < -0.39 is 0 Å². The van der Waals surface area contributed by atoms with Crippen molar-refractivity contribution in [1.82, 2.24) is 4.98 Å². The SMILES string of the molecule is COc1cc(OCc2ccccc2)cc(C)n1. The first-order valence-corrected chi connectivity index (χ1v) is 5.47. The fourth-order valence-electron chi connectivity index (χ4n) is 1.54. The first-order chi connectivity index (χ1) is 8.28. The maximum Gasteiger partial charge on any atom is 0.216 e. The van der Waals surface area contributed by atoms with Crippen LogP contribution in [0.5, 0.6) is 11.6 Å². The summed E-state index contributed by atoms with van der Waals surface area (Å²) in [5.41, 5.74) is 2.02. The molecule has 0 unspecified atom stereocenters. The van der Waals surface area contributed by atoms with Crippen molar-refractivity contribution < 1.29 is 9.47 Å². The van der Waals surface area contributed by atoms with E-state index in [0.717, 1.165) is 17.0 Å². The van der Waals surface area contributed by atoms with E-state index in [1.165, 1.54) is 0 Å². The number of nitrogens with zero attached hydrogens (tertiary/aromatic N) is 1. The molecule has 1 aromatic carbocycles. The van der Waals surface area contributed by atoms with Crippen LogP contribution < -0.4 is 9.47 Å². The molecule has 0 bridgehead atoms. The van der Waals surface area contributed by atoms with Gasteiger partial charge < -0.3 is 9.47 Å². The molecule has 0 fully saturated rings. The molecule has 0 atom stereocenters. The zero-order valence-corrected chi connectivity index (χ0v) is 10.0. The highest BCUT2D eigenvalue weighted by Gasteiger charge is 2.01. The van der Waals surface area contributed by atoms with E-state index in [9.17, 15) is 0 Å². The van der Waals surface area contributed by atoms with Gasteiger partial charge in [0, 0.05) is 17.8 Å². The Kier molecular flexibility index (Phi) is 3.60. The molecule has 0 N–H and O–H groups in total. The molecule has 3 nitrogen and oxygen atoms in total. The van der Waals surface area contributed by atoms with Crippen molar-refractivity contribution in [2.24, 2.45) is 0 Å². The average Bonchev–Trinajstić information content (AvgIpc) is 2.37. The molecule has 0 spiro atoms. The smallest absolute Gasteiger partial charge is 0.216 e. The maximum atomic E-state index is 5.70. The number of rotatable bonds is 4. The quantitative estimate of drug-likeness (QED) is 0.807. The predicted octanol–water partition coefficient (Wildman–Crippen LogP) is 2.98. The lowest BCUT2D eigenvalue weighted by Gasteiger charge is -2.08. The van der Waals surface area contributed by atoms with Crippen molar-refractivity contribution in [3.05, 3.63) is 53.7 Å². The topological polar surface area (TPSA) is 31.4 Å². The van der Waals surface area contributed by atoms with Gasteiger partial charge in [-0.1, -0.05) is 30.3 Å². The van der Waals surface area contributed by atoms with Crippen LogP contribution in [0.25, 0.3) is 0 Å². The Balaban J connectivity index is 2.06. The molecular weight excluding hydrogens is 214 g/mol. The summed E-state index contributed by atoms with van der Waals surface area (Å²) in [6, 6.07) is 13.7. The van der Waals surface area contributed by atoms with E-state index in [1.54, 1.807) is 13.2 Å². The van der Waals surface area contributed by atoms with E-state index in [4.69, 9.17) is 9.47 Å². The van der Waals surface area contributed by atoms with Gasteiger partial charge >= 0.3 is 0 Å². The molecule has 0 saturated heterocycles. The monoisotopic (exact) mass is 229 g/mol. The van der Waals surface area contributed by atoms with E-state index in [1.807, 2.05) is 43.3 Å². The summed E-state index contributed by atoms with van der Waals surface area (Å²) in [7, 11) is 1.60. The van der Waals surface area contributed by atoms with Gasteiger partial charge in [-0.25, -0.2) is 4.98 Å². The molecule has 0 radical (unpaired) electrons. The minimum atomic E-state index is 0.549. The van der Waals surface area contributed by atoms with Gasteiger partial charge in [-0.3, -0.25) is 0 Å². The standard InChI is InChI=1S/C14H15NO2/c1-11-8-13(9-14(15-11)16-2)17-10-12-6-4-3-5-7-12/h3-9H,10H2,1-2H3. The fraction of sp³-hybridized carbons (Fsp3) is 0.214. The molecule has 1 aromatic heterocycles. The second-order valence-corrected chi connectivity index (χ2v) is 3.76. The summed E-state index contributed by atoms with van der Waals surface area (Å²) in [4.78, 5) is 4.21. The van der Waals surface area contributed by atoms with E-state index in [-0.39, 0.29) is 0 Å². The minimum absolute atomic E-state index is 0.549. The van der Waals surface area contributed by atoms with Crippen molar-refractivity contribution in [3.63, 3.8) is 0 Å². The predicted molar refractivity (Wildman–Crippen MR) is 66.3 cm³/mol. The van der Waals surface area contributed by atoms with E-state index in [2.05, 4.69) is 4.98 Å². The summed E-state index contributed by atoms with van der Waals surface area (Å²) < 4.78 is 10.8. The zero-order chi connectivity index (χ0) is 12.1. The number of aryl methyl sites for hydroxylation is 1. The number of benzene rings is 1. The normalized spacial score (nSPS) is 10.0. The molecule has 0 aliphatic rings. The van der Waals surface area contributed by atoms with Crippen LogP contribution in [0.4, 0.5) is 0 Å². The third-order valence-corrected chi connectivity index (χ3v) is 2.36. The van der Waals surface area contributed by atoms with Crippen LogP contribution in [0.3, 0.4) is 0 Å². The van der Waals surface area contributed by atoms with Crippen molar-refractivity contribution in [2.75, 3.05) is 7.11 Å². The number of methoxy groups -OCH3 is 1. The molecular formula is C14H15NO2. The molecule has 0 aliphatic carbocycles. The second-order valence-electron chi connectivity index (χ2n) is 3.76. The maximum absolute atomic E-state index is 5.70. The number of aromatic nitrogens is 1. The van der Waals surface area contributed by atoms with Crippen molar-refractivity contribution in [3.8, 4) is 11.6 Å². The highest BCUT2D eigenvalue weighted by atomic mass is 16.5. The summed E-state index contributed by atoms with van der Waals surface area (Å²) in [6.45, 7) is 2.46. The van der Waals surface area contributed by atoms with Crippen LogP contribution in [-0.2, 0) is 6.61 Å². The number of hydrogen-bond donors (Lipinski definition) is 0. The Hall–Kier alpha value is -2.03. The third-order valence-electron chi connectivity index (χ3n) is 2.36. The van der Waals surface area contributed by atoms with Gasteiger partial charge in [0.25, 0.3) is 0 Å². The molecule has 88 valence electrons. The first-order valence-electron chi connectivity index (χ1n) is 5.47. The third kappa shape index (κ3) is 3.21. The van der Waals surface area contributed by atoms with Gasteiger partial charge in [-0.05, 0) is 12.5 Å². The van der Waals surface area contributed by atoms with Crippen LogP contribution in [0, 0.1) is 6.92 Å². The lowest BCUT2D eigenvalue weighted by Crippen LogP contribution is -1.97. The Bertz CT molecular complexity index is 483. The molecule has 0 saturated carbocycles. The highest BCUT2D eigenvalue weighted by molar-refractivity contribution is 5.30. The van der Waals surface area contributed by atoms with Gasteiger partial charge in [-0.15, -0.1) is 0 Å². The summed E-state index contributed by atoms with van der Waals surface area (Å²) in [5.74, 6) is 1.35. The lowest BCUT2D eigenvalue weighted by atomic mass is 10.2. The van der Waals surface area contributed by atoms with E-state index >= 15 is 0 Å². The van der Waals surface area contributed by atoms with Gasteiger partial charge in [0.05, 0.1) is 7.11 Å². The van der Waals surface area contributed by atoms with Crippen molar-refractivity contribution in [1.29, 1.82) is 0 Å². The van der Waals surface area contributed by atoms with Gasteiger partial charge in [-0.2, -0.15) is 0 Å². The van der Waals surface area contributed by atoms with Crippen molar-refractivity contribution >= 4 is 0 Å². The second kappa shape index (κ2) is 5.34. The molecule has 2 aromatic rings. The van der Waals surface area contributed by atoms with Gasteiger partial charge in [0.15, 0.2) is 0 Å². The fourth-order valence-corrected chi connectivity index (χ4v) is 1.54. The minimum Gasteiger partial charge on any atom is -0.489 e. The Morgan fingerprint density at radius 2 is 1.88 bits per heavy atom. The Labute approximate surface area is 101 Å². The molecule has 17 heavy (non-hydrogen) atoms. The van der Waals surface area contributed by atoms with Crippen LogP contribution in [0.1, 0.15) is 11.3 Å². The van der Waals surface area contributed by atoms with E-state index in [0.29, 0.717) is 12.5 Å². The summed E-state index contributed by atoms with van der Waals surface area (Å²) >= 11 is 0. The van der Waals surface area contributed by atoms with Crippen LogP contribution >= 0.6 is 0 Å². The summed E-state index contributed by atoms with van der Waals surface area (Å²) in [6.07, 6.45) is 0. The summed E-state index contributed by atoms with van der Waals surface area (Å²) in [5, 5.41) is 0. The average molecular weight is 229 g/mol. The highest BCUT2D eigenvalue weighted by Crippen LogP contribution is 2.19. The largest absolute Gasteiger partial charge is 0.489 e. The lowest BCUT2D eigenvalue weighted by molar-refractivity contribution is 0.302. The molecule has 1 heterocycles. The van der Waals surface area contributed by atoms with Gasteiger partial charge in [0.2, 0.25) is 5.88 Å². The van der Waals surface area contributed by atoms with Crippen LogP contribution in [0.2, 0.25) is 0 Å². The first kappa shape index (κ1) is 11.5. The molecule has 0 amide bonds. The Morgan fingerprint density at radius 3 is 2.59 bits per heavy atom. The van der Waals surface area contributed by atoms with Crippen LogP contribution in [-0.4, -0.2) is 12.1 Å². The van der Waals surface area contributed by atoms with Crippen molar-refractivity contribution in [2.45, 2.75) is 13.5 Å². The zero-order valence-electron chi connectivity index (χ0n) is 10.0. The molecule has 0 aliphatic heterocycles. The van der Waals surface area contributed by atoms with Gasteiger partial charge in [0.1, 0.15) is 12.4 Å². The number of hydrogen-bond acceptors (Lipinski definition) is 3. The number of pyridine rings is 1. The molecule has 2 rings (SSSR count). The van der Waals surface area contributed by atoms with Crippen LogP contribution in [0.15, 0.2) is 42.5 Å². The number of ether oxygens (including phenoxy) is 2.